The fourth-order valence-electron chi connectivity index (χ4n) is 1.11. The molecule has 1 unspecified atom stereocenters. The molecular weight excluding hydrogens is 206 g/mol. The standard InChI is InChI=1S/C12H19NO3/c1-12(8-14,13-2)9-16-11-6-4-10(15-3)5-7-11/h4-7,13-14H,8-9H2,1-3H3. The molecule has 1 aromatic carbocycles. The number of rotatable bonds is 6. The lowest BCUT2D eigenvalue weighted by Crippen LogP contribution is -2.48. The van der Waals surface area contributed by atoms with Crippen molar-refractivity contribution < 1.29 is 14.6 Å². The summed E-state index contributed by atoms with van der Waals surface area (Å²) in [6.45, 7) is 2.34. The third-order valence-electron chi connectivity index (χ3n) is 2.57. The van der Waals surface area contributed by atoms with Crippen LogP contribution in [0.25, 0.3) is 0 Å². The molecule has 16 heavy (non-hydrogen) atoms. The molecule has 0 fully saturated rings. The summed E-state index contributed by atoms with van der Waals surface area (Å²) in [4.78, 5) is 0. The van der Waals surface area contributed by atoms with Gasteiger partial charge in [-0.3, -0.25) is 0 Å². The summed E-state index contributed by atoms with van der Waals surface area (Å²) in [5, 5.41) is 12.2. The van der Waals surface area contributed by atoms with Crippen LogP contribution in [0.5, 0.6) is 11.5 Å². The Hall–Kier alpha value is -1.26. The number of nitrogens with one attached hydrogen (secondary N) is 1. The van der Waals surface area contributed by atoms with E-state index in [9.17, 15) is 5.11 Å². The van der Waals surface area contributed by atoms with Crippen LogP contribution in [0, 0.1) is 0 Å². The maximum absolute atomic E-state index is 9.18. The summed E-state index contributed by atoms with van der Waals surface area (Å²) in [6, 6.07) is 7.36. The van der Waals surface area contributed by atoms with Crippen molar-refractivity contribution in [3.8, 4) is 11.5 Å². The van der Waals surface area contributed by atoms with Gasteiger partial charge in [-0.1, -0.05) is 0 Å². The zero-order chi connectivity index (χ0) is 12.0. The van der Waals surface area contributed by atoms with Crippen molar-refractivity contribution in [2.24, 2.45) is 0 Å². The van der Waals surface area contributed by atoms with Gasteiger partial charge in [0.15, 0.2) is 0 Å². The molecule has 0 spiro atoms. The summed E-state index contributed by atoms with van der Waals surface area (Å²) in [6.07, 6.45) is 0. The van der Waals surface area contributed by atoms with Crippen LogP contribution in [0.15, 0.2) is 24.3 Å². The van der Waals surface area contributed by atoms with Gasteiger partial charge in [0, 0.05) is 0 Å². The van der Waals surface area contributed by atoms with Crippen molar-refractivity contribution in [2.45, 2.75) is 12.5 Å². The van der Waals surface area contributed by atoms with Gasteiger partial charge in [0.2, 0.25) is 0 Å². The molecule has 0 amide bonds. The minimum absolute atomic E-state index is 0.0274. The van der Waals surface area contributed by atoms with E-state index < -0.39 is 5.54 Å². The summed E-state index contributed by atoms with van der Waals surface area (Å²) in [7, 11) is 3.42. The highest BCUT2D eigenvalue weighted by Crippen LogP contribution is 2.18. The number of benzene rings is 1. The second kappa shape index (κ2) is 5.72. The minimum Gasteiger partial charge on any atom is -0.497 e. The zero-order valence-electron chi connectivity index (χ0n) is 9.99. The summed E-state index contributed by atoms with van der Waals surface area (Å²) >= 11 is 0. The molecule has 0 aliphatic carbocycles. The highest BCUT2D eigenvalue weighted by molar-refractivity contribution is 5.31. The Bertz CT molecular complexity index is 307. The normalized spacial score (nSPS) is 14.2. The Labute approximate surface area is 96.2 Å². The fraction of sp³-hybridized carbons (Fsp3) is 0.500. The van der Waals surface area contributed by atoms with E-state index in [0.717, 1.165) is 11.5 Å². The second-order valence-electron chi connectivity index (χ2n) is 3.93. The van der Waals surface area contributed by atoms with Gasteiger partial charge < -0.3 is 19.9 Å². The molecule has 1 aromatic rings. The summed E-state index contributed by atoms with van der Waals surface area (Å²) < 4.78 is 10.6. The summed E-state index contributed by atoms with van der Waals surface area (Å²) in [5.41, 5.74) is -0.417. The lowest BCUT2D eigenvalue weighted by molar-refractivity contribution is 0.122. The average molecular weight is 225 g/mol. The van der Waals surface area contributed by atoms with E-state index in [4.69, 9.17) is 9.47 Å². The number of hydrogen-bond acceptors (Lipinski definition) is 4. The number of ether oxygens (including phenoxy) is 2. The highest BCUT2D eigenvalue weighted by Gasteiger charge is 2.21. The van der Waals surface area contributed by atoms with E-state index in [1.807, 2.05) is 31.2 Å². The van der Waals surface area contributed by atoms with Gasteiger partial charge in [0.25, 0.3) is 0 Å². The van der Waals surface area contributed by atoms with E-state index in [1.54, 1.807) is 14.2 Å². The maximum atomic E-state index is 9.18. The number of methoxy groups -OCH3 is 1. The van der Waals surface area contributed by atoms with Gasteiger partial charge in [-0.25, -0.2) is 0 Å². The van der Waals surface area contributed by atoms with Gasteiger partial charge >= 0.3 is 0 Å². The first-order valence-electron chi connectivity index (χ1n) is 5.20. The molecule has 0 aliphatic rings. The molecule has 0 saturated heterocycles. The Morgan fingerprint density at radius 1 is 1.25 bits per heavy atom. The third kappa shape index (κ3) is 3.40. The topological polar surface area (TPSA) is 50.7 Å². The first-order chi connectivity index (χ1) is 7.63. The van der Waals surface area contributed by atoms with Crippen LogP contribution in [0.3, 0.4) is 0 Å². The van der Waals surface area contributed by atoms with E-state index in [2.05, 4.69) is 5.32 Å². The molecule has 1 rings (SSSR count). The van der Waals surface area contributed by atoms with E-state index in [0.29, 0.717) is 6.61 Å². The fourth-order valence-corrected chi connectivity index (χ4v) is 1.11. The maximum Gasteiger partial charge on any atom is 0.119 e. The van der Waals surface area contributed by atoms with Crippen LogP contribution in [0.4, 0.5) is 0 Å². The van der Waals surface area contributed by atoms with Gasteiger partial charge in [-0.15, -0.1) is 0 Å². The lowest BCUT2D eigenvalue weighted by Gasteiger charge is -2.26. The average Bonchev–Trinajstić information content (AvgIpc) is 2.36. The number of likely N-dealkylation sites (N-methyl/N-ethyl adjacent to an activating group) is 1. The highest BCUT2D eigenvalue weighted by atomic mass is 16.5. The Morgan fingerprint density at radius 2 is 1.81 bits per heavy atom. The zero-order valence-corrected chi connectivity index (χ0v) is 9.99. The number of aliphatic hydroxyl groups excluding tert-OH is 1. The van der Waals surface area contributed by atoms with Gasteiger partial charge in [-0.2, -0.15) is 0 Å². The van der Waals surface area contributed by atoms with Crippen LogP contribution in [0.1, 0.15) is 6.92 Å². The largest absolute Gasteiger partial charge is 0.497 e. The predicted molar refractivity (Wildman–Crippen MR) is 63.0 cm³/mol. The van der Waals surface area contributed by atoms with Gasteiger partial charge in [0.05, 0.1) is 19.3 Å². The van der Waals surface area contributed by atoms with Crippen molar-refractivity contribution in [1.29, 1.82) is 0 Å². The van der Waals surface area contributed by atoms with Crippen LogP contribution in [-0.2, 0) is 0 Å². The third-order valence-corrected chi connectivity index (χ3v) is 2.57. The van der Waals surface area contributed by atoms with Crippen molar-refractivity contribution in [2.75, 3.05) is 27.4 Å². The van der Waals surface area contributed by atoms with Crippen molar-refractivity contribution in [1.82, 2.24) is 5.32 Å². The molecule has 0 aromatic heterocycles. The van der Waals surface area contributed by atoms with Crippen LogP contribution in [0.2, 0.25) is 0 Å². The Kier molecular flexibility index (Phi) is 4.58. The minimum atomic E-state index is -0.417. The SMILES string of the molecule is CNC(C)(CO)COc1ccc(OC)cc1. The predicted octanol–water partition coefficient (Wildman–Crippen LogP) is 1.04. The molecule has 0 aliphatic heterocycles. The monoisotopic (exact) mass is 225 g/mol. The molecule has 1 atom stereocenters. The first kappa shape index (κ1) is 12.8. The molecular formula is C12H19NO3. The van der Waals surface area contributed by atoms with Crippen LogP contribution < -0.4 is 14.8 Å². The second-order valence-corrected chi connectivity index (χ2v) is 3.93. The molecule has 90 valence electrons. The molecule has 0 heterocycles. The molecule has 0 bridgehead atoms. The van der Waals surface area contributed by atoms with E-state index in [1.165, 1.54) is 0 Å². The smallest absolute Gasteiger partial charge is 0.119 e. The molecule has 4 nitrogen and oxygen atoms in total. The molecule has 0 saturated carbocycles. The summed E-state index contributed by atoms with van der Waals surface area (Å²) in [5.74, 6) is 1.56. The quantitative estimate of drug-likeness (QED) is 0.759. The van der Waals surface area contributed by atoms with Gasteiger partial charge in [0.1, 0.15) is 18.1 Å². The van der Waals surface area contributed by atoms with Crippen molar-refractivity contribution >= 4 is 0 Å². The van der Waals surface area contributed by atoms with Gasteiger partial charge in [-0.05, 0) is 38.2 Å². The molecule has 4 heteroatoms. The molecule has 0 radical (unpaired) electrons. The molecule has 2 N–H and O–H groups in total. The number of aliphatic hydroxyl groups is 1. The van der Waals surface area contributed by atoms with Crippen LogP contribution in [-0.4, -0.2) is 38.0 Å². The Morgan fingerprint density at radius 3 is 2.25 bits per heavy atom. The first-order valence-corrected chi connectivity index (χ1v) is 5.20. The Balaban J connectivity index is 2.54. The van der Waals surface area contributed by atoms with Crippen molar-refractivity contribution in [3.63, 3.8) is 0 Å². The number of hydrogen-bond donors (Lipinski definition) is 2. The van der Waals surface area contributed by atoms with E-state index >= 15 is 0 Å². The van der Waals surface area contributed by atoms with E-state index in [-0.39, 0.29) is 6.61 Å². The van der Waals surface area contributed by atoms with Crippen LogP contribution >= 0.6 is 0 Å². The van der Waals surface area contributed by atoms with Crippen molar-refractivity contribution in [3.05, 3.63) is 24.3 Å². The lowest BCUT2D eigenvalue weighted by atomic mass is 10.1.